The van der Waals surface area contributed by atoms with E-state index in [4.69, 9.17) is 10.3 Å². The standard InChI is InChI=1S/C16H21N3O2/c1-11(2)16(3,10-17)18-15(20)14-9-13(19-21-14)12-7-5-4-6-8-12/h4-9,11H,10,17H2,1-3H3,(H,18,20). The first kappa shape index (κ1) is 15.3. The van der Waals surface area contributed by atoms with Gasteiger partial charge in [0.2, 0.25) is 5.76 Å². The summed E-state index contributed by atoms with van der Waals surface area (Å²) in [5, 5.41) is 6.87. The van der Waals surface area contributed by atoms with Crippen molar-refractivity contribution in [2.75, 3.05) is 6.54 Å². The maximum absolute atomic E-state index is 12.3. The van der Waals surface area contributed by atoms with Gasteiger partial charge in [-0.2, -0.15) is 0 Å². The van der Waals surface area contributed by atoms with Crippen molar-refractivity contribution >= 4 is 5.91 Å². The van der Waals surface area contributed by atoms with Gasteiger partial charge in [-0.25, -0.2) is 0 Å². The van der Waals surface area contributed by atoms with E-state index in [2.05, 4.69) is 10.5 Å². The predicted molar refractivity (Wildman–Crippen MR) is 81.7 cm³/mol. The van der Waals surface area contributed by atoms with Gasteiger partial charge in [-0.15, -0.1) is 0 Å². The molecule has 2 aromatic rings. The SMILES string of the molecule is CC(C)C(C)(CN)NC(=O)c1cc(-c2ccccc2)no1. The maximum Gasteiger partial charge on any atom is 0.290 e. The van der Waals surface area contributed by atoms with Crippen molar-refractivity contribution in [3.8, 4) is 11.3 Å². The second-order valence-electron chi connectivity index (χ2n) is 5.67. The van der Waals surface area contributed by atoms with E-state index in [0.29, 0.717) is 12.2 Å². The zero-order valence-electron chi connectivity index (χ0n) is 12.6. The van der Waals surface area contributed by atoms with Crippen molar-refractivity contribution in [2.24, 2.45) is 11.7 Å². The van der Waals surface area contributed by atoms with Crippen LogP contribution in [0.1, 0.15) is 31.3 Å². The normalized spacial score (nSPS) is 14.0. The summed E-state index contributed by atoms with van der Waals surface area (Å²) in [5.74, 6) is 0.100. The summed E-state index contributed by atoms with van der Waals surface area (Å²) in [6, 6.07) is 11.2. The third-order valence-electron chi connectivity index (χ3n) is 3.90. The van der Waals surface area contributed by atoms with Gasteiger partial charge in [0, 0.05) is 18.2 Å². The molecule has 0 aliphatic carbocycles. The number of hydrogen-bond acceptors (Lipinski definition) is 4. The lowest BCUT2D eigenvalue weighted by Gasteiger charge is -2.33. The number of hydrogen-bond donors (Lipinski definition) is 2. The predicted octanol–water partition coefficient (Wildman–Crippen LogP) is 2.44. The molecule has 2 rings (SSSR count). The van der Waals surface area contributed by atoms with Crippen molar-refractivity contribution < 1.29 is 9.32 Å². The van der Waals surface area contributed by atoms with Crippen LogP contribution in [-0.2, 0) is 0 Å². The van der Waals surface area contributed by atoms with E-state index in [1.54, 1.807) is 6.07 Å². The molecule has 0 aliphatic heterocycles. The molecule has 0 bridgehead atoms. The molecule has 0 saturated carbocycles. The summed E-state index contributed by atoms with van der Waals surface area (Å²) in [4.78, 5) is 12.3. The van der Waals surface area contributed by atoms with Gasteiger partial charge in [0.25, 0.3) is 5.91 Å². The first-order chi connectivity index (χ1) is 9.96. The number of amides is 1. The van der Waals surface area contributed by atoms with Crippen LogP contribution in [0.15, 0.2) is 40.9 Å². The molecule has 0 spiro atoms. The van der Waals surface area contributed by atoms with Gasteiger partial charge in [0.15, 0.2) is 0 Å². The fourth-order valence-electron chi connectivity index (χ4n) is 1.88. The van der Waals surface area contributed by atoms with Crippen molar-refractivity contribution in [3.05, 3.63) is 42.2 Å². The highest BCUT2D eigenvalue weighted by atomic mass is 16.5. The van der Waals surface area contributed by atoms with Crippen LogP contribution in [0.5, 0.6) is 0 Å². The Bertz CT molecular complexity index is 607. The third-order valence-corrected chi connectivity index (χ3v) is 3.90. The molecule has 21 heavy (non-hydrogen) atoms. The van der Waals surface area contributed by atoms with Crippen LogP contribution in [0.3, 0.4) is 0 Å². The fraction of sp³-hybridized carbons (Fsp3) is 0.375. The molecule has 1 heterocycles. The molecule has 112 valence electrons. The molecule has 1 unspecified atom stereocenters. The van der Waals surface area contributed by atoms with Gasteiger partial charge < -0.3 is 15.6 Å². The summed E-state index contributed by atoms with van der Waals surface area (Å²) in [6.07, 6.45) is 0. The highest BCUT2D eigenvalue weighted by molar-refractivity contribution is 5.92. The number of carbonyl (C=O) groups is 1. The quantitative estimate of drug-likeness (QED) is 0.885. The maximum atomic E-state index is 12.3. The first-order valence-corrected chi connectivity index (χ1v) is 7.01. The Hall–Kier alpha value is -2.14. The Balaban J connectivity index is 2.16. The first-order valence-electron chi connectivity index (χ1n) is 7.01. The lowest BCUT2D eigenvalue weighted by Crippen LogP contribution is -2.54. The summed E-state index contributed by atoms with van der Waals surface area (Å²) < 4.78 is 5.15. The van der Waals surface area contributed by atoms with Crippen LogP contribution < -0.4 is 11.1 Å². The Morgan fingerprint density at radius 2 is 2.05 bits per heavy atom. The van der Waals surface area contributed by atoms with Crippen molar-refractivity contribution in [3.63, 3.8) is 0 Å². The molecule has 1 aromatic heterocycles. The molecule has 0 radical (unpaired) electrons. The lowest BCUT2D eigenvalue weighted by atomic mass is 9.88. The lowest BCUT2D eigenvalue weighted by molar-refractivity contribution is 0.0845. The second kappa shape index (κ2) is 6.10. The van der Waals surface area contributed by atoms with Gasteiger partial charge in [-0.3, -0.25) is 4.79 Å². The van der Waals surface area contributed by atoms with Gasteiger partial charge in [0.1, 0.15) is 5.69 Å². The number of benzene rings is 1. The number of nitrogens with two attached hydrogens (primary N) is 1. The minimum Gasteiger partial charge on any atom is -0.350 e. The van der Waals surface area contributed by atoms with Crippen LogP contribution in [0.4, 0.5) is 0 Å². The van der Waals surface area contributed by atoms with Gasteiger partial charge in [-0.1, -0.05) is 49.3 Å². The number of nitrogens with one attached hydrogen (secondary N) is 1. The fourth-order valence-corrected chi connectivity index (χ4v) is 1.88. The van der Waals surface area contributed by atoms with Crippen LogP contribution in [0, 0.1) is 5.92 Å². The number of aromatic nitrogens is 1. The van der Waals surface area contributed by atoms with Gasteiger partial charge in [-0.05, 0) is 12.8 Å². The topological polar surface area (TPSA) is 81.1 Å². The Labute approximate surface area is 124 Å². The minimum atomic E-state index is -0.475. The summed E-state index contributed by atoms with van der Waals surface area (Å²) in [5.41, 5.74) is 6.84. The van der Waals surface area contributed by atoms with E-state index in [1.807, 2.05) is 51.1 Å². The zero-order chi connectivity index (χ0) is 15.5. The summed E-state index contributed by atoms with van der Waals surface area (Å²) >= 11 is 0. The van der Waals surface area contributed by atoms with Gasteiger partial charge in [0.05, 0.1) is 5.54 Å². The van der Waals surface area contributed by atoms with Crippen molar-refractivity contribution in [1.82, 2.24) is 10.5 Å². The molecular formula is C16H21N3O2. The molecular weight excluding hydrogens is 266 g/mol. The molecule has 0 fully saturated rings. The number of rotatable bonds is 5. The number of nitrogens with zero attached hydrogens (tertiary/aromatic N) is 1. The van der Waals surface area contributed by atoms with E-state index in [9.17, 15) is 4.79 Å². The van der Waals surface area contributed by atoms with Crippen molar-refractivity contribution in [1.29, 1.82) is 0 Å². The van der Waals surface area contributed by atoms with Crippen molar-refractivity contribution in [2.45, 2.75) is 26.3 Å². The average molecular weight is 287 g/mol. The highest BCUT2D eigenvalue weighted by Gasteiger charge is 2.30. The minimum absolute atomic E-state index is 0.189. The van der Waals surface area contributed by atoms with E-state index in [1.165, 1.54) is 0 Å². The molecule has 5 nitrogen and oxygen atoms in total. The second-order valence-corrected chi connectivity index (χ2v) is 5.67. The Morgan fingerprint density at radius 1 is 1.38 bits per heavy atom. The van der Waals surface area contributed by atoms with E-state index >= 15 is 0 Å². The average Bonchev–Trinajstić information content (AvgIpc) is 2.97. The Kier molecular flexibility index (Phi) is 4.43. The molecule has 3 N–H and O–H groups in total. The Morgan fingerprint density at radius 3 is 2.62 bits per heavy atom. The third kappa shape index (κ3) is 3.31. The molecule has 0 saturated heterocycles. The van der Waals surface area contributed by atoms with E-state index in [0.717, 1.165) is 5.56 Å². The zero-order valence-corrected chi connectivity index (χ0v) is 12.6. The van der Waals surface area contributed by atoms with E-state index < -0.39 is 5.54 Å². The molecule has 0 aliphatic rings. The van der Waals surface area contributed by atoms with Crippen LogP contribution in [-0.4, -0.2) is 23.1 Å². The number of carbonyl (C=O) groups excluding carboxylic acids is 1. The summed E-state index contributed by atoms with van der Waals surface area (Å²) in [7, 11) is 0. The molecule has 1 aromatic carbocycles. The largest absolute Gasteiger partial charge is 0.350 e. The van der Waals surface area contributed by atoms with Gasteiger partial charge >= 0.3 is 0 Å². The van der Waals surface area contributed by atoms with E-state index in [-0.39, 0.29) is 17.6 Å². The summed E-state index contributed by atoms with van der Waals surface area (Å²) in [6.45, 7) is 6.31. The van der Waals surface area contributed by atoms with Crippen LogP contribution >= 0.6 is 0 Å². The van der Waals surface area contributed by atoms with Crippen LogP contribution in [0.2, 0.25) is 0 Å². The molecule has 5 heteroatoms. The highest BCUT2D eigenvalue weighted by Crippen LogP contribution is 2.20. The smallest absolute Gasteiger partial charge is 0.290 e. The van der Waals surface area contributed by atoms with Crippen LogP contribution in [0.25, 0.3) is 11.3 Å². The monoisotopic (exact) mass is 287 g/mol. The molecule has 1 amide bonds. The molecule has 1 atom stereocenters.